The second-order valence-corrected chi connectivity index (χ2v) is 6.14. The number of amides is 3. The van der Waals surface area contributed by atoms with Crippen LogP contribution in [-0.4, -0.2) is 65.7 Å². The van der Waals surface area contributed by atoms with Crippen LogP contribution in [0.4, 0.5) is 4.79 Å². The van der Waals surface area contributed by atoms with Crippen LogP contribution in [0.3, 0.4) is 0 Å². The minimum absolute atomic E-state index is 0.00480. The first-order chi connectivity index (χ1) is 11.9. The van der Waals surface area contributed by atoms with Gasteiger partial charge in [0.05, 0.1) is 13.2 Å². The van der Waals surface area contributed by atoms with Crippen molar-refractivity contribution >= 4 is 11.9 Å². The molecule has 3 amide bonds. The highest BCUT2D eigenvalue weighted by molar-refractivity contribution is 5.84. The molecule has 1 rings (SSSR count). The Morgan fingerprint density at radius 1 is 1.36 bits per heavy atom. The van der Waals surface area contributed by atoms with Crippen molar-refractivity contribution in [3.63, 3.8) is 0 Å². The van der Waals surface area contributed by atoms with Gasteiger partial charge in [-0.25, -0.2) is 4.79 Å². The van der Waals surface area contributed by atoms with E-state index in [2.05, 4.69) is 5.32 Å². The number of carbonyl (C=O) groups excluding carboxylic acids is 2. The van der Waals surface area contributed by atoms with Gasteiger partial charge in [0, 0.05) is 45.2 Å². The lowest BCUT2D eigenvalue weighted by molar-refractivity contribution is -0.133. The van der Waals surface area contributed by atoms with Crippen LogP contribution >= 0.6 is 0 Å². The van der Waals surface area contributed by atoms with Crippen LogP contribution in [0, 0.1) is 0 Å². The van der Waals surface area contributed by atoms with Gasteiger partial charge in [-0.1, -0.05) is 6.92 Å². The van der Waals surface area contributed by atoms with E-state index >= 15 is 0 Å². The van der Waals surface area contributed by atoms with Crippen molar-refractivity contribution < 1.29 is 14.3 Å². The minimum Gasteiger partial charge on any atom is -0.383 e. The molecule has 1 aromatic rings. The van der Waals surface area contributed by atoms with Crippen LogP contribution in [-0.2, 0) is 23.1 Å². The van der Waals surface area contributed by atoms with Gasteiger partial charge >= 0.3 is 6.03 Å². The fourth-order valence-electron chi connectivity index (χ4n) is 2.50. The highest BCUT2D eigenvalue weighted by Gasteiger charge is 2.24. The highest BCUT2D eigenvalue weighted by Crippen LogP contribution is 2.09. The number of hydrogen-bond donors (Lipinski definition) is 1. The number of nitrogens with zero attached hydrogens (tertiary/aromatic N) is 3. The quantitative estimate of drug-likeness (QED) is 0.699. The predicted octanol–water partition coefficient (Wildman–Crippen LogP) is 1.83. The molecule has 0 bridgehead atoms. The number of ether oxygens (including phenoxy) is 1. The molecule has 0 aromatic carbocycles. The average Bonchev–Trinajstić information content (AvgIpc) is 3.00. The SMILES string of the molecule is CCNC(=O)N(CC(=O)N(CCOC)Cc1cccn1C)C(C)CC. The molecule has 1 N–H and O–H groups in total. The van der Waals surface area contributed by atoms with Crippen molar-refractivity contribution in [3.05, 3.63) is 24.0 Å². The molecule has 0 saturated heterocycles. The van der Waals surface area contributed by atoms with E-state index in [4.69, 9.17) is 4.74 Å². The van der Waals surface area contributed by atoms with E-state index < -0.39 is 0 Å². The van der Waals surface area contributed by atoms with Crippen molar-refractivity contribution in [1.82, 2.24) is 19.7 Å². The monoisotopic (exact) mass is 352 g/mol. The summed E-state index contributed by atoms with van der Waals surface area (Å²) in [6.07, 6.45) is 2.74. The molecule has 0 fully saturated rings. The summed E-state index contributed by atoms with van der Waals surface area (Å²) in [6, 6.07) is 3.74. The Labute approximate surface area is 150 Å². The second kappa shape index (κ2) is 10.8. The number of urea groups is 1. The van der Waals surface area contributed by atoms with Gasteiger partial charge in [-0.3, -0.25) is 4.79 Å². The van der Waals surface area contributed by atoms with E-state index in [9.17, 15) is 9.59 Å². The molecular weight excluding hydrogens is 320 g/mol. The predicted molar refractivity (Wildman–Crippen MR) is 98.2 cm³/mol. The van der Waals surface area contributed by atoms with Gasteiger partial charge in [-0.15, -0.1) is 0 Å². The first-order valence-electron chi connectivity index (χ1n) is 8.85. The van der Waals surface area contributed by atoms with Gasteiger partial charge in [0.2, 0.25) is 5.91 Å². The van der Waals surface area contributed by atoms with Gasteiger partial charge in [0.15, 0.2) is 0 Å². The third-order valence-corrected chi connectivity index (χ3v) is 4.34. The Balaban J connectivity index is 2.86. The van der Waals surface area contributed by atoms with E-state index in [-0.39, 0.29) is 24.5 Å². The van der Waals surface area contributed by atoms with Crippen LogP contribution in [0.15, 0.2) is 18.3 Å². The molecule has 1 aromatic heterocycles. The van der Waals surface area contributed by atoms with Crippen molar-refractivity contribution in [2.24, 2.45) is 7.05 Å². The topological polar surface area (TPSA) is 66.8 Å². The fraction of sp³-hybridized carbons (Fsp3) is 0.667. The standard InChI is InChI=1S/C18H32N4O3/c1-6-15(3)22(18(24)19-7-2)14-17(23)21(11-12-25-5)13-16-9-8-10-20(16)4/h8-10,15H,6-7,11-14H2,1-5H3,(H,19,24). The largest absolute Gasteiger partial charge is 0.383 e. The second-order valence-electron chi connectivity index (χ2n) is 6.14. The molecule has 0 aliphatic heterocycles. The summed E-state index contributed by atoms with van der Waals surface area (Å²) in [4.78, 5) is 28.5. The van der Waals surface area contributed by atoms with Crippen LogP contribution in [0.5, 0.6) is 0 Å². The lowest BCUT2D eigenvalue weighted by Crippen LogP contribution is -2.50. The van der Waals surface area contributed by atoms with Crippen molar-refractivity contribution in [1.29, 1.82) is 0 Å². The van der Waals surface area contributed by atoms with Gasteiger partial charge < -0.3 is 24.4 Å². The van der Waals surface area contributed by atoms with Crippen LogP contribution in [0.1, 0.15) is 32.9 Å². The molecule has 0 aliphatic carbocycles. The summed E-state index contributed by atoms with van der Waals surface area (Å²) in [5, 5.41) is 2.79. The first-order valence-corrected chi connectivity index (χ1v) is 8.85. The Hall–Kier alpha value is -2.02. The van der Waals surface area contributed by atoms with Gasteiger partial charge in [-0.05, 0) is 32.4 Å². The van der Waals surface area contributed by atoms with Crippen molar-refractivity contribution in [3.8, 4) is 0 Å². The number of hydrogen-bond acceptors (Lipinski definition) is 3. The van der Waals surface area contributed by atoms with Gasteiger partial charge in [0.25, 0.3) is 0 Å². The third kappa shape index (κ3) is 6.42. The molecule has 0 aliphatic rings. The number of aromatic nitrogens is 1. The van der Waals surface area contributed by atoms with Gasteiger partial charge in [-0.2, -0.15) is 0 Å². The fourth-order valence-corrected chi connectivity index (χ4v) is 2.50. The minimum atomic E-state index is -0.198. The zero-order chi connectivity index (χ0) is 18.8. The lowest BCUT2D eigenvalue weighted by Gasteiger charge is -2.31. The Bertz CT molecular complexity index is 544. The summed E-state index contributed by atoms with van der Waals surface area (Å²) in [6.45, 7) is 7.88. The van der Waals surface area contributed by atoms with Gasteiger partial charge in [0.1, 0.15) is 6.54 Å². The maximum atomic E-state index is 12.9. The molecule has 0 radical (unpaired) electrons. The summed E-state index contributed by atoms with van der Waals surface area (Å²) >= 11 is 0. The number of aryl methyl sites for hydroxylation is 1. The van der Waals surface area contributed by atoms with E-state index in [1.54, 1.807) is 16.9 Å². The molecule has 25 heavy (non-hydrogen) atoms. The van der Waals surface area contributed by atoms with E-state index in [0.717, 1.165) is 12.1 Å². The number of methoxy groups -OCH3 is 1. The smallest absolute Gasteiger partial charge is 0.318 e. The number of rotatable bonds is 10. The summed E-state index contributed by atoms with van der Waals surface area (Å²) in [5.41, 5.74) is 1.04. The normalized spacial score (nSPS) is 11.9. The summed E-state index contributed by atoms with van der Waals surface area (Å²) in [7, 11) is 3.57. The average molecular weight is 352 g/mol. The third-order valence-electron chi connectivity index (χ3n) is 4.34. The molecule has 0 spiro atoms. The van der Waals surface area contributed by atoms with Crippen LogP contribution in [0.25, 0.3) is 0 Å². The summed E-state index contributed by atoms with van der Waals surface area (Å²) < 4.78 is 7.13. The van der Waals surface area contributed by atoms with Crippen molar-refractivity contribution in [2.75, 3.05) is 33.4 Å². The highest BCUT2D eigenvalue weighted by atomic mass is 16.5. The zero-order valence-corrected chi connectivity index (χ0v) is 16.1. The van der Waals surface area contributed by atoms with Crippen molar-refractivity contribution in [2.45, 2.75) is 39.8 Å². The molecule has 7 nitrogen and oxygen atoms in total. The maximum absolute atomic E-state index is 12.9. The molecule has 1 unspecified atom stereocenters. The Kier molecular flexibility index (Phi) is 9.05. The van der Waals surface area contributed by atoms with E-state index in [0.29, 0.717) is 26.2 Å². The first kappa shape index (κ1) is 21.0. The van der Waals surface area contributed by atoms with E-state index in [1.165, 1.54) is 0 Å². The molecule has 0 saturated carbocycles. The lowest BCUT2D eigenvalue weighted by atomic mass is 10.2. The molecule has 1 atom stereocenters. The Morgan fingerprint density at radius 3 is 2.60 bits per heavy atom. The molecular formula is C18H32N4O3. The maximum Gasteiger partial charge on any atom is 0.318 e. The summed E-state index contributed by atoms with van der Waals surface area (Å²) in [5.74, 6) is -0.0789. The zero-order valence-electron chi connectivity index (χ0n) is 16.1. The number of carbonyl (C=O) groups is 2. The van der Waals surface area contributed by atoms with Crippen LogP contribution < -0.4 is 5.32 Å². The molecule has 142 valence electrons. The van der Waals surface area contributed by atoms with Crippen LogP contribution in [0.2, 0.25) is 0 Å². The van der Waals surface area contributed by atoms with E-state index in [1.807, 2.05) is 50.7 Å². The molecule has 1 heterocycles. The Morgan fingerprint density at radius 2 is 2.08 bits per heavy atom. The number of nitrogens with one attached hydrogen (secondary N) is 1. The molecule has 7 heteroatoms.